The van der Waals surface area contributed by atoms with Crippen LogP contribution < -0.4 is 11.5 Å². The summed E-state index contributed by atoms with van der Waals surface area (Å²) in [6, 6.07) is 3.68. The number of carbonyl (C=O) groups excluding carboxylic acids is 1. The first-order valence-corrected chi connectivity index (χ1v) is 6.72. The highest BCUT2D eigenvalue weighted by atomic mass is 19.4. The van der Waals surface area contributed by atoms with E-state index in [1.54, 1.807) is 13.8 Å². The molecular weight excluding hydrogens is 283 g/mol. The first-order chi connectivity index (χ1) is 9.69. The van der Waals surface area contributed by atoms with Crippen molar-refractivity contribution in [3.05, 3.63) is 23.8 Å². The number of nitrogen functional groups attached to an aromatic ring is 2. The van der Waals surface area contributed by atoms with E-state index in [1.165, 1.54) is 18.2 Å². The number of hydrogen-bond donors (Lipinski definition) is 2. The van der Waals surface area contributed by atoms with Crippen molar-refractivity contribution in [1.29, 1.82) is 0 Å². The highest BCUT2D eigenvalue weighted by Crippen LogP contribution is 2.25. The SMILES string of the molecule is CCC(CC)N(CC(F)(F)F)C(=O)c1ccc(N)cc1N. The zero-order valence-electron chi connectivity index (χ0n) is 12.1. The quantitative estimate of drug-likeness (QED) is 0.821. The molecule has 1 aromatic rings. The zero-order valence-corrected chi connectivity index (χ0v) is 12.1. The average Bonchev–Trinajstić information content (AvgIpc) is 2.37. The lowest BCUT2D eigenvalue weighted by Crippen LogP contribution is -2.45. The molecule has 0 aliphatic carbocycles. The lowest BCUT2D eigenvalue weighted by Gasteiger charge is -2.31. The van der Waals surface area contributed by atoms with Crippen LogP contribution in [-0.2, 0) is 0 Å². The summed E-state index contributed by atoms with van der Waals surface area (Å²) >= 11 is 0. The molecule has 118 valence electrons. The summed E-state index contributed by atoms with van der Waals surface area (Å²) in [6.45, 7) is 2.20. The van der Waals surface area contributed by atoms with Crippen LogP contribution in [-0.4, -0.2) is 29.6 Å². The molecule has 0 saturated heterocycles. The number of anilines is 2. The minimum atomic E-state index is -4.46. The lowest BCUT2D eigenvalue weighted by atomic mass is 10.1. The second kappa shape index (κ2) is 6.69. The molecular formula is C14H20F3N3O. The van der Waals surface area contributed by atoms with E-state index in [2.05, 4.69) is 0 Å². The number of nitrogens with zero attached hydrogens (tertiary/aromatic N) is 1. The Morgan fingerprint density at radius 1 is 1.24 bits per heavy atom. The normalized spacial score (nSPS) is 11.7. The van der Waals surface area contributed by atoms with Crippen molar-refractivity contribution in [2.45, 2.75) is 38.9 Å². The van der Waals surface area contributed by atoms with Gasteiger partial charge in [0.05, 0.1) is 5.56 Å². The van der Waals surface area contributed by atoms with Gasteiger partial charge in [0.2, 0.25) is 0 Å². The standard InChI is InChI=1S/C14H20F3N3O/c1-3-10(4-2)20(8-14(15,16)17)13(21)11-6-5-9(18)7-12(11)19/h5-7,10H,3-4,8,18-19H2,1-2H3. The molecule has 0 atom stereocenters. The van der Waals surface area contributed by atoms with Crippen molar-refractivity contribution in [2.24, 2.45) is 0 Å². The maximum absolute atomic E-state index is 12.7. The smallest absolute Gasteiger partial charge is 0.399 e. The Labute approximate surface area is 121 Å². The number of rotatable bonds is 5. The minimum absolute atomic E-state index is 0.0420. The van der Waals surface area contributed by atoms with E-state index in [4.69, 9.17) is 11.5 Å². The summed E-state index contributed by atoms with van der Waals surface area (Å²) in [5.74, 6) is -0.724. The van der Waals surface area contributed by atoms with E-state index in [0.29, 0.717) is 18.5 Å². The van der Waals surface area contributed by atoms with E-state index in [0.717, 1.165) is 4.90 Å². The van der Waals surface area contributed by atoms with E-state index < -0.39 is 24.7 Å². The molecule has 0 aromatic heterocycles. The molecule has 0 radical (unpaired) electrons. The van der Waals surface area contributed by atoms with Gasteiger partial charge in [-0.05, 0) is 31.0 Å². The third-order valence-electron chi connectivity index (χ3n) is 3.30. The van der Waals surface area contributed by atoms with Gasteiger partial charge in [0, 0.05) is 17.4 Å². The third kappa shape index (κ3) is 4.54. The Morgan fingerprint density at radius 3 is 2.24 bits per heavy atom. The third-order valence-corrected chi connectivity index (χ3v) is 3.30. The van der Waals surface area contributed by atoms with E-state index in [-0.39, 0.29) is 11.3 Å². The molecule has 0 unspecified atom stereocenters. The largest absolute Gasteiger partial charge is 0.406 e. The van der Waals surface area contributed by atoms with Crippen molar-refractivity contribution < 1.29 is 18.0 Å². The molecule has 0 saturated carbocycles. The van der Waals surface area contributed by atoms with Gasteiger partial charge >= 0.3 is 6.18 Å². The first-order valence-electron chi connectivity index (χ1n) is 6.72. The van der Waals surface area contributed by atoms with Crippen LogP contribution in [0.15, 0.2) is 18.2 Å². The molecule has 4 nitrogen and oxygen atoms in total. The summed E-state index contributed by atoms with van der Waals surface area (Å²) in [4.78, 5) is 13.3. The number of alkyl halides is 3. The summed E-state index contributed by atoms with van der Waals surface area (Å²) in [6.07, 6.45) is -3.58. The fraction of sp³-hybridized carbons (Fsp3) is 0.500. The molecule has 0 aliphatic rings. The molecule has 7 heteroatoms. The summed E-state index contributed by atoms with van der Waals surface area (Å²) in [5, 5.41) is 0. The molecule has 0 fully saturated rings. The molecule has 0 bridgehead atoms. The predicted molar refractivity (Wildman–Crippen MR) is 76.7 cm³/mol. The number of carbonyl (C=O) groups is 1. The lowest BCUT2D eigenvalue weighted by molar-refractivity contribution is -0.144. The fourth-order valence-corrected chi connectivity index (χ4v) is 2.22. The van der Waals surface area contributed by atoms with Crippen LogP contribution in [0, 0.1) is 0 Å². The molecule has 0 spiro atoms. The Morgan fingerprint density at radius 2 is 1.81 bits per heavy atom. The monoisotopic (exact) mass is 303 g/mol. The Hall–Kier alpha value is -1.92. The van der Waals surface area contributed by atoms with Crippen LogP contribution in [0.25, 0.3) is 0 Å². The molecule has 1 rings (SSSR count). The zero-order chi connectivity index (χ0) is 16.2. The van der Waals surface area contributed by atoms with Crippen molar-refractivity contribution in [3.63, 3.8) is 0 Å². The van der Waals surface area contributed by atoms with E-state index in [9.17, 15) is 18.0 Å². The molecule has 0 aliphatic heterocycles. The second-order valence-corrected chi connectivity index (χ2v) is 4.87. The maximum atomic E-state index is 12.7. The van der Waals surface area contributed by atoms with Gasteiger partial charge in [0.25, 0.3) is 5.91 Å². The van der Waals surface area contributed by atoms with Gasteiger partial charge < -0.3 is 16.4 Å². The molecule has 1 aromatic carbocycles. The van der Waals surface area contributed by atoms with Gasteiger partial charge in [-0.15, -0.1) is 0 Å². The van der Waals surface area contributed by atoms with Crippen LogP contribution in [0.3, 0.4) is 0 Å². The topological polar surface area (TPSA) is 72.3 Å². The van der Waals surface area contributed by atoms with Crippen LogP contribution >= 0.6 is 0 Å². The second-order valence-electron chi connectivity index (χ2n) is 4.87. The van der Waals surface area contributed by atoms with Crippen LogP contribution in [0.5, 0.6) is 0 Å². The van der Waals surface area contributed by atoms with Crippen molar-refractivity contribution in [3.8, 4) is 0 Å². The van der Waals surface area contributed by atoms with Crippen molar-refractivity contribution in [2.75, 3.05) is 18.0 Å². The maximum Gasteiger partial charge on any atom is 0.406 e. The Kier molecular flexibility index (Phi) is 5.46. The van der Waals surface area contributed by atoms with Gasteiger partial charge in [0.1, 0.15) is 6.54 Å². The molecule has 21 heavy (non-hydrogen) atoms. The Balaban J connectivity index is 3.15. The number of nitrogens with two attached hydrogens (primary N) is 2. The van der Waals surface area contributed by atoms with E-state index >= 15 is 0 Å². The average molecular weight is 303 g/mol. The molecule has 1 amide bonds. The summed E-state index contributed by atoms with van der Waals surface area (Å²) < 4.78 is 38.2. The van der Waals surface area contributed by atoms with Crippen LogP contribution in [0.1, 0.15) is 37.0 Å². The summed E-state index contributed by atoms with van der Waals surface area (Å²) in [5.41, 5.74) is 11.7. The highest BCUT2D eigenvalue weighted by Gasteiger charge is 2.36. The van der Waals surface area contributed by atoms with Crippen LogP contribution in [0.4, 0.5) is 24.5 Å². The van der Waals surface area contributed by atoms with Gasteiger partial charge in [-0.2, -0.15) is 13.2 Å². The molecule has 4 N–H and O–H groups in total. The number of hydrogen-bond acceptors (Lipinski definition) is 3. The number of amides is 1. The first kappa shape index (κ1) is 17.1. The van der Waals surface area contributed by atoms with Gasteiger partial charge in [-0.3, -0.25) is 4.79 Å². The Bertz CT molecular complexity index is 499. The highest BCUT2D eigenvalue weighted by molar-refractivity contribution is 5.99. The van der Waals surface area contributed by atoms with E-state index in [1.807, 2.05) is 0 Å². The van der Waals surface area contributed by atoms with Gasteiger partial charge in [-0.25, -0.2) is 0 Å². The van der Waals surface area contributed by atoms with Gasteiger partial charge in [-0.1, -0.05) is 13.8 Å². The number of halogens is 3. The van der Waals surface area contributed by atoms with Crippen molar-refractivity contribution >= 4 is 17.3 Å². The number of benzene rings is 1. The fourth-order valence-electron chi connectivity index (χ4n) is 2.22. The van der Waals surface area contributed by atoms with Crippen molar-refractivity contribution in [1.82, 2.24) is 4.90 Å². The molecule has 0 heterocycles. The van der Waals surface area contributed by atoms with Gasteiger partial charge in [0.15, 0.2) is 0 Å². The van der Waals surface area contributed by atoms with Crippen LogP contribution in [0.2, 0.25) is 0 Å². The predicted octanol–water partition coefficient (Wildman–Crippen LogP) is 3.04. The summed E-state index contributed by atoms with van der Waals surface area (Å²) in [7, 11) is 0. The minimum Gasteiger partial charge on any atom is -0.399 e.